The third-order valence-corrected chi connectivity index (χ3v) is 6.68. The number of nitrogen functional groups attached to an aromatic ring is 1. The third kappa shape index (κ3) is 8.85. The number of phosphoric ester groups is 2. The Hall–Kier alpha value is -0.220. The minimum absolute atomic E-state index is 0. The molecule has 1 aliphatic rings. The molecule has 0 saturated carbocycles. The van der Waals surface area contributed by atoms with Gasteiger partial charge in [0.15, 0.2) is 6.23 Å². The van der Waals surface area contributed by atoms with Gasteiger partial charge in [-0.1, -0.05) is 0 Å². The van der Waals surface area contributed by atoms with Crippen LogP contribution in [0.1, 0.15) is 6.23 Å². The summed E-state index contributed by atoms with van der Waals surface area (Å²) in [5, 5.41) is 20.2. The number of likely N-dealkylation sites (N-methyl/N-ethyl adjacent to an activating group) is 1. The topological polar surface area (TPSA) is 216 Å². The molecule has 0 radical (unpaired) electrons. The zero-order valence-corrected chi connectivity index (χ0v) is 21.8. The molecule has 1 fully saturated rings. The van der Waals surface area contributed by atoms with E-state index in [1.54, 1.807) is 21.1 Å². The van der Waals surface area contributed by atoms with Crippen LogP contribution in [-0.2, 0) is 27.2 Å². The monoisotopic (exact) mass is 511 g/mol. The summed E-state index contributed by atoms with van der Waals surface area (Å²) in [5.41, 5.74) is 4.52. The standard InChI is InChI=1S/C14H26N4O11P2.Na/c1-18(2,3)6-7-26-30(22,23)29-31(24,25)27-8-9-11(19)12(20)13(28-9)17-5-4-10(15)16-14(17)21;/h4-5,9,11-13,19-20H,6-8H2,1-3H3,(H3-,15,16,21,22,23,24,25);/q;+1. The number of rotatable bonds is 10. The molecule has 2 rings (SSSR count). The Morgan fingerprint density at radius 2 is 1.91 bits per heavy atom. The van der Waals surface area contributed by atoms with Gasteiger partial charge in [-0.3, -0.25) is 13.7 Å². The van der Waals surface area contributed by atoms with Crippen LogP contribution in [0.4, 0.5) is 5.82 Å². The molecular weight excluding hydrogens is 485 g/mol. The van der Waals surface area contributed by atoms with Crippen LogP contribution in [-0.4, -0.2) is 88.4 Å². The van der Waals surface area contributed by atoms with Gasteiger partial charge in [-0.15, -0.1) is 0 Å². The van der Waals surface area contributed by atoms with Gasteiger partial charge in [-0.05, 0) is 6.07 Å². The number of hydrogen-bond acceptors (Lipinski definition) is 12. The second-order valence-electron chi connectivity index (χ2n) is 7.73. The van der Waals surface area contributed by atoms with Crippen molar-refractivity contribution in [3.63, 3.8) is 0 Å². The maximum Gasteiger partial charge on any atom is 1.00 e. The van der Waals surface area contributed by atoms with Crippen LogP contribution in [0.15, 0.2) is 17.1 Å². The molecule has 0 aliphatic carbocycles. The van der Waals surface area contributed by atoms with E-state index in [0.717, 1.165) is 4.57 Å². The Morgan fingerprint density at radius 3 is 2.47 bits per heavy atom. The van der Waals surface area contributed by atoms with Gasteiger partial charge in [-0.25, -0.2) is 13.7 Å². The van der Waals surface area contributed by atoms with E-state index >= 15 is 0 Å². The number of aromatic nitrogens is 2. The van der Waals surface area contributed by atoms with Crippen LogP contribution in [0.25, 0.3) is 0 Å². The first kappa shape index (κ1) is 29.8. The molecule has 1 saturated heterocycles. The Balaban J connectivity index is 0.00000512. The van der Waals surface area contributed by atoms with Crippen molar-refractivity contribution in [1.82, 2.24) is 9.55 Å². The van der Waals surface area contributed by atoms with Crippen LogP contribution < -0.4 is 45.9 Å². The molecule has 6 unspecified atom stereocenters. The Kier molecular flexibility index (Phi) is 10.7. The van der Waals surface area contributed by atoms with Crippen molar-refractivity contribution >= 4 is 21.5 Å². The molecule has 1 aliphatic heterocycles. The predicted octanol–water partition coefficient (Wildman–Crippen LogP) is -5.23. The molecule has 178 valence electrons. The van der Waals surface area contributed by atoms with Gasteiger partial charge in [0.1, 0.15) is 37.3 Å². The first-order valence-electron chi connectivity index (χ1n) is 8.91. The molecule has 0 amide bonds. The normalized spacial score (nSPS) is 27.3. The molecule has 18 heteroatoms. The maximum atomic E-state index is 12.0. The van der Waals surface area contributed by atoms with Crippen LogP contribution in [0.5, 0.6) is 0 Å². The van der Waals surface area contributed by atoms with Crippen LogP contribution in [0.3, 0.4) is 0 Å². The smallest absolute Gasteiger partial charge is 0.756 e. The van der Waals surface area contributed by atoms with Gasteiger partial charge in [0.05, 0.1) is 27.7 Å². The number of anilines is 1. The van der Waals surface area contributed by atoms with E-state index in [4.69, 9.17) is 10.5 Å². The van der Waals surface area contributed by atoms with Gasteiger partial charge >= 0.3 is 43.1 Å². The largest absolute Gasteiger partial charge is 1.00 e. The zero-order chi connectivity index (χ0) is 23.6. The predicted molar refractivity (Wildman–Crippen MR) is 102 cm³/mol. The summed E-state index contributed by atoms with van der Waals surface area (Å²) in [5.74, 6) is -0.0711. The zero-order valence-electron chi connectivity index (χ0n) is 18.0. The summed E-state index contributed by atoms with van der Waals surface area (Å²) < 4.78 is 43.4. The van der Waals surface area contributed by atoms with Gasteiger partial charge in [-0.2, -0.15) is 4.98 Å². The average molecular weight is 511 g/mol. The van der Waals surface area contributed by atoms with Crippen molar-refractivity contribution in [1.29, 1.82) is 0 Å². The van der Waals surface area contributed by atoms with Crippen LogP contribution in [0.2, 0.25) is 0 Å². The fourth-order valence-corrected chi connectivity index (χ4v) is 4.51. The molecule has 0 spiro atoms. The Morgan fingerprint density at radius 1 is 1.28 bits per heavy atom. The van der Waals surface area contributed by atoms with Crippen LogP contribution in [0, 0.1) is 0 Å². The number of ether oxygens (including phenoxy) is 1. The summed E-state index contributed by atoms with van der Waals surface area (Å²) >= 11 is 0. The molecule has 0 bridgehead atoms. The molecule has 2 heterocycles. The number of nitrogens with two attached hydrogens (primary N) is 1. The minimum Gasteiger partial charge on any atom is -0.756 e. The fraction of sp³-hybridized carbons (Fsp3) is 0.714. The second kappa shape index (κ2) is 11.5. The number of quaternary nitrogens is 1. The summed E-state index contributed by atoms with van der Waals surface area (Å²) in [4.78, 5) is 36.7. The molecule has 5 N–H and O–H groups in total. The molecule has 15 nitrogen and oxygen atoms in total. The van der Waals surface area contributed by atoms with E-state index in [0.29, 0.717) is 4.48 Å². The van der Waals surface area contributed by atoms with Crippen molar-refractivity contribution < 1.29 is 81.3 Å². The first-order chi connectivity index (χ1) is 14.1. The van der Waals surface area contributed by atoms with Gasteiger partial charge in [0, 0.05) is 6.20 Å². The summed E-state index contributed by atoms with van der Waals surface area (Å²) in [6.45, 7) is -0.877. The van der Waals surface area contributed by atoms with Crippen molar-refractivity contribution in [3.05, 3.63) is 22.7 Å². The van der Waals surface area contributed by atoms with Crippen molar-refractivity contribution in [2.75, 3.05) is 46.6 Å². The molecule has 6 atom stereocenters. The Labute approximate surface area is 205 Å². The quantitative estimate of drug-likeness (QED) is 0.131. The fourth-order valence-electron chi connectivity index (χ4n) is 2.48. The van der Waals surface area contributed by atoms with Gasteiger partial charge < -0.3 is 39.5 Å². The molecule has 1 aromatic rings. The van der Waals surface area contributed by atoms with E-state index in [-0.39, 0.29) is 48.5 Å². The third-order valence-electron chi connectivity index (χ3n) is 4.08. The van der Waals surface area contributed by atoms with Gasteiger partial charge in [0.25, 0.3) is 7.82 Å². The van der Waals surface area contributed by atoms with Crippen molar-refractivity contribution in [2.24, 2.45) is 0 Å². The number of hydrogen-bond donors (Lipinski definition) is 4. The molecular formula is C14H26N4NaO11P2+. The number of aliphatic hydroxyl groups excluding tert-OH is 2. The van der Waals surface area contributed by atoms with E-state index in [2.05, 4.69) is 18.3 Å². The van der Waals surface area contributed by atoms with Crippen molar-refractivity contribution in [3.8, 4) is 0 Å². The summed E-state index contributed by atoms with van der Waals surface area (Å²) in [6.07, 6.45) is -4.89. The minimum atomic E-state index is -5.18. The Bertz CT molecular complexity index is 927. The van der Waals surface area contributed by atoms with E-state index in [9.17, 15) is 33.9 Å². The SMILES string of the molecule is C[N+](C)(C)CCOP(=O)([O-])OP(=O)(O)OCC1OC(n2ccc(N)nc2=O)C(O)C1O.[Na+]. The van der Waals surface area contributed by atoms with Gasteiger partial charge in [0.2, 0.25) is 0 Å². The number of nitrogens with zero attached hydrogens (tertiary/aromatic N) is 3. The number of aliphatic hydroxyl groups is 2. The first-order valence-corrected chi connectivity index (χ1v) is 11.9. The molecule has 0 aromatic carbocycles. The van der Waals surface area contributed by atoms with E-state index in [1.807, 2.05) is 0 Å². The number of phosphoric acid groups is 2. The van der Waals surface area contributed by atoms with E-state index in [1.165, 1.54) is 12.3 Å². The summed E-state index contributed by atoms with van der Waals surface area (Å²) in [7, 11) is -5.01. The summed E-state index contributed by atoms with van der Waals surface area (Å²) in [6, 6.07) is 1.26. The maximum absolute atomic E-state index is 12.0. The van der Waals surface area contributed by atoms with E-state index < -0.39 is 52.5 Å². The molecule has 32 heavy (non-hydrogen) atoms. The second-order valence-corrected chi connectivity index (χ2v) is 10.7. The van der Waals surface area contributed by atoms with Crippen molar-refractivity contribution in [2.45, 2.75) is 24.5 Å². The van der Waals surface area contributed by atoms with Crippen LogP contribution >= 0.6 is 15.6 Å². The molecule has 1 aromatic heterocycles. The average Bonchev–Trinajstić information content (AvgIpc) is 2.86.